The fraction of sp³-hybridized carbons (Fsp3) is 0.222. The third kappa shape index (κ3) is 6.17. The number of hydrogen-bond acceptors (Lipinski definition) is 12. The summed E-state index contributed by atoms with van der Waals surface area (Å²) < 4.78 is 6.44. The predicted molar refractivity (Wildman–Crippen MR) is 159 cm³/mol. The van der Waals surface area contributed by atoms with Gasteiger partial charge in [-0.25, -0.2) is 4.98 Å². The molecule has 3 N–H and O–H groups in total. The van der Waals surface area contributed by atoms with Gasteiger partial charge in [0.05, 0.1) is 29.0 Å². The SMILES string of the molecule is [C-]#[N+]c1c(C#N)c(N=Nc2c(NCCCOC)nc(Nc3cccnc3)nc2SCC)nn1-c1nc2ccccc2[nH]1. The van der Waals surface area contributed by atoms with Crippen molar-refractivity contribution in [3.63, 3.8) is 0 Å². The number of nitrogens with zero attached hydrogens (tertiary/aromatic N) is 10. The highest BCUT2D eigenvalue weighted by atomic mass is 32.2. The van der Waals surface area contributed by atoms with Crippen LogP contribution in [-0.4, -0.2) is 60.7 Å². The first-order valence-corrected chi connectivity index (χ1v) is 13.9. The zero-order valence-corrected chi connectivity index (χ0v) is 23.6. The largest absolute Gasteiger partial charge is 0.385 e. The van der Waals surface area contributed by atoms with Gasteiger partial charge in [-0.15, -0.1) is 26.7 Å². The van der Waals surface area contributed by atoms with Crippen molar-refractivity contribution in [1.82, 2.24) is 34.7 Å². The molecule has 14 nitrogen and oxygen atoms in total. The average Bonchev–Trinajstić information content (AvgIpc) is 3.60. The van der Waals surface area contributed by atoms with Crippen LogP contribution >= 0.6 is 11.8 Å². The minimum atomic E-state index is -0.0288. The number of nitrogens with one attached hydrogen (secondary N) is 3. The number of ether oxygens (including phenoxy) is 1. The Bertz CT molecular complexity index is 1770. The van der Waals surface area contributed by atoms with E-state index in [9.17, 15) is 5.26 Å². The quantitative estimate of drug-likeness (QED) is 0.0517. The van der Waals surface area contributed by atoms with E-state index >= 15 is 0 Å². The van der Waals surface area contributed by atoms with Crippen molar-refractivity contribution >= 4 is 57.6 Å². The van der Waals surface area contributed by atoms with Crippen molar-refractivity contribution in [2.75, 3.05) is 36.6 Å². The van der Waals surface area contributed by atoms with E-state index in [0.717, 1.165) is 17.6 Å². The summed E-state index contributed by atoms with van der Waals surface area (Å²) in [6.45, 7) is 10.8. The number of pyridine rings is 1. The van der Waals surface area contributed by atoms with Crippen molar-refractivity contribution in [2.24, 2.45) is 10.2 Å². The van der Waals surface area contributed by atoms with Gasteiger partial charge in [0.1, 0.15) is 10.6 Å². The van der Waals surface area contributed by atoms with Gasteiger partial charge < -0.3 is 25.2 Å². The monoisotopic (exact) mass is 579 g/mol. The standard InChI is InChI=1S/C27H25N13OS/c1-4-42-25-21(23(31-13-8-14-41-3)35-26(36-25)32-17-9-7-12-30-16-17)37-38-22-18(15-28)24(29-2)40(39-22)27-33-19-10-5-6-11-20(19)34-27/h5-7,9-12,16H,4,8,13-14H2,1,3H3,(H,33,34)(H2,31,32,35,36). The molecule has 4 aromatic heterocycles. The van der Waals surface area contributed by atoms with E-state index in [1.807, 2.05) is 49.4 Å². The van der Waals surface area contributed by atoms with Crippen LogP contribution in [0.1, 0.15) is 18.9 Å². The molecule has 0 saturated heterocycles. The molecule has 0 radical (unpaired) electrons. The van der Waals surface area contributed by atoms with E-state index < -0.39 is 0 Å². The summed E-state index contributed by atoms with van der Waals surface area (Å²) in [6, 6.07) is 13.1. The maximum atomic E-state index is 9.92. The number of anilines is 3. The third-order valence-electron chi connectivity index (χ3n) is 5.75. The van der Waals surface area contributed by atoms with Gasteiger partial charge in [0.2, 0.25) is 11.8 Å². The molecule has 0 aliphatic rings. The lowest BCUT2D eigenvalue weighted by Crippen LogP contribution is -2.09. The molecule has 0 aliphatic carbocycles. The van der Waals surface area contributed by atoms with Crippen LogP contribution in [0.3, 0.4) is 0 Å². The molecule has 15 heteroatoms. The molecule has 1 aromatic carbocycles. The molecule has 0 fully saturated rings. The zero-order chi connectivity index (χ0) is 29.3. The minimum absolute atomic E-state index is 0.0238. The molecule has 5 aromatic rings. The number of nitriles is 1. The summed E-state index contributed by atoms with van der Waals surface area (Å²) in [5, 5.41) is 30.2. The van der Waals surface area contributed by atoms with Crippen molar-refractivity contribution in [2.45, 2.75) is 18.4 Å². The first-order chi connectivity index (χ1) is 20.6. The van der Waals surface area contributed by atoms with Crippen molar-refractivity contribution in [3.05, 3.63) is 65.8 Å². The van der Waals surface area contributed by atoms with Crippen LogP contribution in [0.15, 0.2) is 64.0 Å². The number of thioether (sulfide) groups is 1. The number of aromatic nitrogens is 7. The molecule has 5 rings (SSSR count). The molecule has 4 heterocycles. The van der Waals surface area contributed by atoms with Crippen molar-refractivity contribution < 1.29 is 4.74 Å². The number of hydrogen-bond donors (Lipinski definition) is 3. The van der Waals surface area contributed by atoms with E-state index in [-0.39, 0.29) is 23.1 Å². The van der Waals surface area contributed by atoms with Crippen LogP contribution < -0.4 is 10.6 Å². The molecular weight excluding hydrogens is 554 g/mol. The normalized spacial score (nSPS) is 11.0. The lowest BCUT2D eigenvalue weighted by molar-refractivity contribution is 0.198. The molecule has 0 atom stereocenters. The first-order valence-electron chi connectivity index (χ1n) is 12.9. The van der Waals surface area contributed by atoms with Gasteiger partial charge in [0.15, 0.2) is 11.5 Å². The van der Waals surface area contributed by atoms with E-state index in [2.05, 4.69) is 55.7 Å². The number of azo groups is 1. The Hall–Kier alpha value is -5.38. The zero-order valence-electron chi connectivity index (χ0n) is 22.7. The number of fused-ring (bicyclic) bond motifs is 1. The highest BCUT2D eigenvalue weighted by Crippen LogP contribution is 2.38. The van der Waals surface area contributed by atoms with Crippen LogP contribution in [0, 0.1) is 17.9 Å². The summed E-state index contributed by atoms with van der Waals surface area (Å²) >= 11 is 1.46. The number of H-pyrrole nitrogens is 1. The second-order valence-corrected chi connectivity index (χ2v) is 9.81. The van der Waals surface area contributed by atoms with Crippen LogP contribution in [0.5, 0.6) is 0 Å². The van der Waals surface area contributed by atoms with Crippen LogP contribution in [0.25, 0.3) is 21.8 Å². The molecule has 0 unspecified atom stereocenters. The Morgan fingerprint density at radius 1 is 1.19 bits per heavy atom. The molecule has 0 bridgehead atoms. The van der Waals surface area contributed by atoms with E-state index in [1.54, 1.807) is 19.5 Å². The molecule has 0 aliphatic heterocycles. The number of methoxy groups -OCH3 is 1. The fourth-order valence-corrected chi connectivity index (χ4v) is 4.58. The maximum absolute atomic E-state index is 9.92. The van der Waals surface area contributed by atoms with Gasteiger partial charge in [-0.1, -0.05) is 30.7 Å². The minimum Gasteiger partial charge on any atom is -0.385 e. The lowest BCUT2D eigenvalue weighted by atomic mass is 10.3. The highest BCUT2D eigenvalue weighted by molar-refractivity contribution is 7.99. The predicted octanol–water partition coefficient (Wildman–Crippen LogP) is 6.08. The van der Waals surface area contributed by atoms with Gasteiger partial charge in [0, 0.05) is 26.5 Å². The summed E-state index contributed by atoms with van der Waals surface area (Å²) in [5.74, 6) is 1.73. The van der Waals surface area contributed by atoms with Crippen LogP contribution in [0.2, 0.25) is 0 Å². The first kappa shape index (κ1) is 28.2. The Morgan fingerprint density at radius 3 is 2.81 bits per heavy atom. The second kappa shape index (κ2) is 13.3. The van der Waals surface area contributed by atoms with Gasteiger partial charge in [-0.2, -0.15) is 15.2 Å². The van der Waals surface area contributed by atoms with Gasteiger partial charge in [-0.05, 0) is 36.4 Å². The number of aromatic amines is 1. The lowest BCUT2D eigenvalue weighted by Gasteiger charge is -2.13. The second-order valence-electron chi connectivity index (χ2n) is 8.56. The van der Waals surface area contributed by atoms with Crippen molar-refractivity contribution in [3.8, 4) is 12.0 Å². The number of rotatable bonds is 12. The molecule has 210 valence electrons. The summed E-state index contributed by atoms with van der Waals surface area (Å²) in [4.78, 5) is 24.6. The Balaban J connectivity index is 1.56. The maximum Gasteiger partial charge on any atom is 0.309 e. The summed E-state index contributed by atoms with van der Waals surface area (Å²) in [5.41, 5.74) is 2.55. The fourth-order valence-electron chi connectivity index (χ4n) is 3.89. The van der Waals surface area contributed by atoms with E-state index in [4.69, 9.17) is 11.3 Å². The average molecular weight is 580 g/mol. The Kier molecular flexibility index (Phi) is 8.93. The molecular formula is C27H25N13OS. The Morgan fingerprint density at radius 2 is 2.07 bits per heavy atom. The number of para-hydroxylation sites is 2. The molecule has 0 amide bonds. The highest BCUT2D eigenvalue weighted by Gasteiger charge is 2.24. The number of imidazole rings is 1. The molecule has 0 saturated carbocycles. The van der Waals surface area contributed by atoms with Crippen LogP contribution in [-0.2, 0) is 4.74 Å². The number of benzene rings is 1. The molecule has 0 spiro atoms. The topological polar surface area (TPSA) is 171 Å². The van der Waals surface area contributed by atoms with Crippen molar-refractivity contribution in [1.29, 1.82) is 5.26 Å². The van der Waals surface area contributed by atoms with E-state index in [1.165, 1.54) is 16.4 Å². The smallest absolute Gasteiger partial charge is 0.309 e. The summed E-state index contributed by atoms with van der Waals surface area (Å²) in [6.07, 6.45) is 4.08. The Labute approximate surface area is 245 Å². The van der Waals surface area contributed by atoms with Crippen LogP contribution in [0.4, 0.5) is 34.8 Å². The van der Waals surface area contributed by atoms with E-state index in [0.29, 0.717) is 46.9 Å². The van der Waals surface area contributed by atoms with Gasteiger partial charge >= 0.3 is 5.95 Å². The molecule has 42 heavy (non-hydrogen) atoms. The van der Waals surface area contributed by atoms with Gasteiger partial charge in [-0.3, -0.25) is 4.98 Å². The third-order valence-corrected chi connectivity index (χ3v) is 6.60. The summed E-state index contributed by atoms with van der Waals surface area (Å²) in [7, 11) is 1.64. The van der Waals surface area contributed by atoms with Gasteiger partial charge in [0.25, 0.3) is 5.82 Å².